The third kappa shape index (κ3) is 4.14. The van der Waals surface area contributed by atoms with Gasteiger partial charge in [0.2, 0.25) is 5.91 Å². The largest absolute Gasteiger partial charge is 0.368 e. The van der Waals surface area contributed by atoms with E-state index in [2.05, 4.69) is 25.8 Å². The quantitative estimate of drug-likeness (QED) is 0.550. The monoisotopic (exact) mass is 468 g/mol. The van der Waals surface area contributed by atoms with Crippen LogP contribution in [0.1, 0.15) is 17.3 Å². The first-order valence-corrected chi connectivity index (χ1v) is 10.5. The van der Waals surface area contributed by atoms with Gasteiger partial charge >= 0.3 is 0 Å². The van der Waals surface area contributed by atoms with Gasteiger partial charge in [0.05, 0.1) is 17.2 Å². The lowest BCUT2D eigenvalue weighted by atomic mass is 10.1. The van der Waals surface area contributed by atoms with Crippen LogP contribution in [-0.4, -0.2) is 52.3 Å². The molecule has 0 aliphatic carbocycles. The molecule has 2 aromatic carbocycles. The molecule has 0 spiro atoms. The van der Waals surface area contributed by atoms with Gasteiger partial charge in [0.15, 0.2) is 5.78 Å². The lowest BCUT2D eigenvalue weighted by Crippen LogP contribution is -2.50. The number of carbonyl (C=O) groups excluding carboxylic acids is 2. The fourth-order valence-corrected chi connectivity index (χ4v) is 3.97. The van der Waals surface area contributed by atoms with Crippen molar-refractivity contribution in [2.45, 2.75) is 13.5 Å². The van der Waals surface area contributed by atoms with E-state index < -0.39 is 0 Å². The molecule has 0 bridgehead atoms. The number of anilines is 1. The van der Waals surface area contributed by atoms with Crippen molar-refractivity contribution in [3.8, 4) is 0 Å². The van der Waals surface area contributed by atoms with E-state index in [0.717, 1.165) is 10.2 Å². The predicted octanol–water partition coefficient (Wildman–Crippen LogP) is 2.71. The summed E-state index contributed by atoms with van der Waals surface area (Å²) >= 11 is 3.37. The topological polar surface area (TPSA) is 75.5 Å². The summed E-state index contributed by atoms with van der Waals surface area (Å²) in [6, 6.07) is 12.9. The zero-order valence-corrected chi connectivity index (χ0v) is 18.1. The van der Waals surface area contributed by atoms with Gasteiger partial charge in [-0.25, -0.2) is 4.98 Å². The molecule has 0 saturated carbocycles. The summed E-state index contributed by atoms with van der Waals surface area (Å²) < 4.78 is 2.16. The summed E-state index contributed by atoms with van der Waals surface area (Å²) in [7, 11) is 0. The zero-order chi connectivity index (χ0) is 21.3. The van der Waals surface area contributed by atoms with Crippen molar-refractivity contribution in [3.63, 3.8) is 0 Å². The Hall–Kier alpha value is -3.00. The summed E-state index contributed by atoms with van der Waals surface area (Å²) in [6.07, 6.45) is 1.43. The fourth-order valence-electron chi connectivity index (χ4n) is 3.61. The standard InChI is InChI=1S/C22H21BrN4O3/c1-15(28)16-2-5-18(6-3-16)25-8-10-26(11-9-25)21(29)13-27-14-24-20-7-4-17(23)12-19(20)22(27)30/h2-7,12,14H,8-11,13H2,1H3. The number of Topliss-reactive ketones (excluding diaryl/α,β-unsaturated/α-hetero) is 1. The third-order valence-electron chi connectivity index (χ3n) is 5.36. The molecule has 8 heteroatoms. The molecule has 7 nitrogen and oxygen atoms in total. The normalized spacial score (nSPS) is 14.2. The summed E-state index contributed by atoms with van der Waals surface area (Å²) in [5.74, 6) is -0.0532. The second kappa shape index (κ2) is 8.39. The SMILES string of the molecule is CC(=O)c1ccc(N2CCN(C(=O)Cn3cnc4ccc(Br)cc4c3=O)CC2)cc1. The summed E-state index contributed by atoms with van der Waals surface area (Å²) in [5, 5.41) is 0.485. The van der Waals surface area contributed by atoms with E-state index >= 15 is 0 Å². The second-order valence-corrected chi connectivity index (χ2v) is 8.23. The molecule has 30 heavy (non-hydrogen) atoms. The fraction of sp³-hybridized carbons (Fsp3) is 0.273. The maximum absolute atomic E-state index is 12.8. The first-order valence-electron chi connectivity index (χ1n) is 9.71. The van der Waals surface area contributed by atoms with Crippen molar-refractivity contribution in [3.05, 3.63) is 69.2 Å². The average molecular weight is 469 g/mol. The van der Waals surface area contributed by atoms with Gasteiger partial charge in [0.1, 0.15) is 6.54 Å². The molecule has 0 unspecified atom stereocenters. The molecule has 0 radical (unpaired) electrons. The predicted molar refractivity (Wildman–Crippen MR) is 119 cm³/mol. The van der Waals surface area contributed by atoms with Crippen molar-refractivity contribution in [1.29, 1.82) is 0 Å². The van der Waals surface area contributed by atoms with Crippen LogP contribution in [0, 0.1) is 0 Å². The highest BCUT2D eigenvalue weighted by Gasteiger charge is 2.22. The number of aromatic nitrogens is 2. The number of fused-ring (bicyclic) bond motifs is 1. The highest BCUT2D eigenvalue weighted by molar-refractivity contribution is 9.10. The molecule has 1 fully saturated rings. The number of ketones is 1. The summed E-state index contributed by atoms with van der Waals surface area (Å²) in [5.41, 5.74) is 2.11. The van der Waals surface area contributed by atoms with Crippen molar-refractivity contribution in [1.82, 2.24) is 14.5 Å². The summed E-state index contributed by atoms with van der Waals surface area (Å²) in [6.45, 7) is 4.07. The van der Waals surface area contributed by atoms with Crippen LogP contribution >= 0.6 is 15.9 Å². The van der Waals surface area contributed by atoms with Crippen LogP contribution in [0.3, 0.4) is 0 Å². The molecule has 0 N–H and O–H groups in total. The van der Waals surface area contributed by atoms with Crippen LogP contribution in [-0.2, 0) is 11.3 Å². The molecular formula is C22H21BrN4O3. The Bertz CT molecular complexity index is 1170. The number of carbonyl (C=O) groups is 2. The van der Waals surface area contributed by atoms with Gasteiger partial charge in [0.25, 0.3) is 5.56 Å². The van der Waals surface area contributed by atoms with Gasteiger partial charge in [-0.2, -0.15) is 0 Å². The summed E-state index contributed by atoms with van der Waals surface area (Å²) in [4.78, 5) is 45.2. The minimum Gasteiger partial charge on any atom is -0.368 e. The Morgan fingerprint density at radius 1 is 1.03 bits per heavy atom. The van der Waals surface area contributed by atoms with E-state index in [1.54, 1.807) is 24.0 Å². The molecule has 1 amide bonds. The Balaban J connectivity index is 1.41. The van der Waals surface area contributed by atoms with Crippen LogP contribution in [0.5, 0.6) is 0 Å². The van der Waals surface area contributed by atoms with Crippen molar-refractivity contribution in [2.24, 2.45) is 0 Å². The Morgan fingerprint density at radius 2 is 1.73 bits per heavy atom. The number of hydrogen-bond acceptors (Lipinski definition) is 5. The van der Waals surface area contributed by atoms with Crippen LogP contribution in [0.15, 0.2) is 58.1 Å². The molecule has 1 aromatic heterocycles. The van der Waals surface area contributed by atoms with Gasteiger partial charge in [-0.05, 0) is 49.4 Å². The number of rotatable bonds is 4. The molecule has 1 aliphatic rings. The first-order chi connectivity index (χ1) is 14.4. The van der Waals surface area contributed by atoms with E-state index in [1.165, 1.54) is 10.9 Å². The number of amides is 1. The van der Waals surface area contributed by atoms with Crippen LogP contribution in [0.2, 0.25) is 0 Å². The number of hydrogen-bond donors (Lipinski definition) is 0. The number of piperazine rings is 1. The van der Waals surface area contributed by atoms with Crippen molar-refractivity contribution in [2.75, 3.05) is 31.1 Å². The van der Waals surface area contributed by atoms with Crippen LogP contribution in [0.25, 0.3) is 10.9 Å². The van der Waals surface area contributed by atoms with Gasteiger partial charge in [-0.15, -0.1) is 0 Å². The third-order valence-corrected chi connectivity index (χ3v) is 5.86. The smallest absolute Gasteiger partial charge is 0.261 e. The van der Waals surface area contributed by atoms with E-state index in [0.29, 0.717) is 42.6 Å². The van der Waals surface area contributed by atoms with Gasteiger partial charge in [0, 0.05) is 41.9 Å². The maximum atomic E-state index is 12.8. The van der Waals surface area contributed by atoms with Crippen LogP contribution in [0.4, 0.5) is 5.69 Å². The number of nitrogens with zero attached hydrogens (tertiary/aromatic N) is 4. The minimum absolute atomic E-state index is 0.0262. The van der Waals surface area contributed by atoms with Crippen molar-refractivity contribution >= 4 is 44.2 Å². The molecule has 1 saturated heterocycles. The molecule has 154 valence electrons. The average Bonchev–Trinajstić information content (AvgIpc) is 2.76. The lowest BCUT2D eigenvalue weighted by Gasteiger charge is -2.36. The van der Waals surface area contributed by atoms with Crippen LogP contribution < -0.4 is 10.5 Å². The van der Waals surface area contributed by atoms with E-state index in [4.69, 9.17) is 0 Å². The lowest BCUT2D eigenvalue weighted by molar-refractivity contribution is -0.132. The van der Waals surface area contributed by atoms with Gasteiger partial charge in [-0.3, -0.25) is 19.0 Å². The Labute approximate surface area is 182 Å². The molecule has 2 heterocycles. The van der Waals surface area contributed by atoms with Gasteiger partial charge in [-0.1, -0.05) is 15.9 Å². The highest BCUT2D eigenvalue weighted by atomic mass is 79.9. The molecule has 4 rings (SSSR count). The molecular weight excluding hydrogens is 448 g/mol. The number of halogens is 1. The van der Waals surface area contributed by atoms with E-state index in [1.807, 2.05) is 30.3 Å². The second-order valence-electron chi connectivity index (χ2n) is 7.31. The van der Waals surface area contributed by atoms with Gasteiger partial charge < -0.3 is 9.80 Å². The Morgan fingerprint density at radius 3 is 2.40 bits per heavy atom. The van der Waals surface area contributed by atoms with E-state index in [9.17, 15) is 14.4 Å². The van der Waals surface area contributed by atoms with Crippen molar-refractivity contribution < 1.29 is 9.59 Å². The molecule has 1 aliphatic heterocycles. The molecule has 3 aromatic rings. The first kappa shape index (κ1) is 20.3. The number of benzene rings is 2. The molecule has 0 atom stereocenters. The highest BCUT2D eigenvalue weighted by Crippen LogP contribution is 2.18. The Kier molecular flexibility index (Phi) is 5.67. The maximum Gasteiger partial charge on any atom is 0.261 e. The zero-order valence-electron chi connectivity index (χ0n) is 16.5. The minimum atomic E-state index is -0.223. The van der Waals surface area contributed by atoms with E-state index in [-0.39, 0.29) is 23.8 Å².